The Labute approximate surface area is 100 Å². The summed E-state index contributed by atoms with van der Waals surface area (Å²) in [6.07, 6.45) is 0.721. The molecule has 0 aliphatic rings. The van der Waals surface area contributed by atoms with Gasteiger partial charge in [0.15, 0.2) is 5.82 Å². The number of nitrogens with zero attached hydrogens (tertiary/aromatic N) is 3. The third kappa shape index (κ3) is 2.14. The Balaban J connectivity index is 2.46. The molecule has 0 radical (unpaired) electrons. The molecule has 1 heterocycles. The Morgan fingerprint density at radius 2 is 2.06 bits per heavy atom. The molecule has 0 unspecified atom stereocenters. The molecule has 5 heteroatoms. The summed E-state index contributed by atoms with van der Waals surface area (Å²) >= 11 is 0. The lowest BCUT2D eigenvalue weighted by Gasteiger charge is -2.07. The molecule has 0 spiro atoms. The lowest BCUT2D eigenvalue weighted by Crippen LogP contribution is -2.08. The van der Waals surface area contributed by atoms with Gasteiger partial charge in [-0.2, -0.15) is 0 Å². The lowest BCUT2D eigenvalue weighted by atomic mass is 10.2. The van der Waals surface area contributed by atoms with Crippen LogP contribution in [0.15, 0.2) is 24.3 Å². The van der Waals surface area contributed by atoms with Crippen LogP contribution in [0.5, 0.6) is 5.75 Å². The normalized spacial score (nSPS) is 10.5. The van der Waals surface area contributed by atoms with E-state index in [1.165, 1.54) is 0 Å². The Kier molecular flexibility index (Phi) is 3.39. The minimum absolute atomic E-state index is 0.567. The number of para-hydroxylation sites is 1. The van der Waals surface area contributed by atoms with Crippen molar-refractivity contribution in [2.75, 3.05) is 13.7 Å². The second-order valence-corrected chi connectivity index (χ2v) is 3.74. The molecule has 0 aliphatic carbocycles. The van der Waals surface area contributed by atoms with Gasteiger partial charge < -0.3 is 15.0 Å². The van der Waals surface area contributed by atoms with Crippen LogP contribution in [0.3, 0.4) is 0 Å². The smallest absolute Gasteiger partial charge is 0.167 e. The number of ether oxygens (including phenoxy) is 1. The van der Waals surface area contributed by atoms with E-state index in [1.54, 1.807) is 7.11 Å². The molecule has 5 nitrogen and oxygen atoms in total. The lowest BCUT2D eigenvalue weighted by molar-refractivity contribution is 0.416. The van der Waals surface area contributed by atoms with E-state index >= 15 is 0 Å². The maximum Gasteiger partial charge on any atom is 0.167 e. The summed E-state index contributed by atoms with van der Waals surface area (Å²) in [7, 11) is 3.59. The number of hydrogen-bond donors (Lipinski definition) is 1. The van der Waals surface area contributed by atoms with E-state index in [2.05, 4.69) is 10.2 Å². The fourth-order valence-electron chi connectivity index (χ4n) is 1.77. The van der Waals surface area contributed by atoms with Gasteiger partial charge in [0.05, 0.1) is 12.7 Å². The Bertz CT molecular complexity index is 507. The van der Waals surface area contributed by atoms with Crippen molar-refractivity contribution >= 4 is 0 Å². The van der Waals surface area contributed by atoms with Crippen LogP contribution < -0.4 is 10.5 Å². The standard InChI is InChI=1S/C12H16N4O/c1-16-11(7-8-13)14-15-12(16)9-5-3-4-6-10(9)17-2/h3-6H,7-8,13H2,1-2H3. The van der Waals surface area contributed by atoms with Gasteiger partial charge in [-0.1, -0.05) is 12.1 Å². The summed E-state index contributed by atoms with van der Waals surface area (Å²) < 4.78 is 7.27. The summed E-state index contributed by atoms with van der Waals surface area (Å²) in [5, 5.41) is 8.33. The molecule has 90 valence electrons. The highest BCUT2D eigenvalue weighted by Gasteiger charge is 2.13. The highest BCUT2D eigenvalue weighted by molar-refractivity contribution is 5.64. The van der Waals surface area contributed by atoms with E-state index in [0.29, 0.717) is 6.54 Å². The van der Waals surface area contributed by atoms with Crippen LogP contribution in [-0.2, 0) is 13.5 Å². The van der Waals surface area contributed by atoms with Gasteiger partial charge in [-0.15, -0.1) is 10.2 Å². The van der Waals surface area contributed by atoms with Crippen LogP contribution in [0.1, 0.15) is 5.82 Å². The third-order valence-corrected chi connectivity index (χ3v) is 2.68. The molecule has 1 aromatic heterocycles. The van der Waals surface area contributed by atoms with Crippen LogP contribution in [-0.4, -0.2) is 28.4 Å². The number of hydrogen-bond acceptors (Lipinski definition) is 4. The van der Waals surface area contributed by atoms with Crippen molar-refractivity contribution in [3.8, 4) is 17.1 Å². The van der Waals surface area contributed by atoms with Crippen molar-refractivity contribution in [1.29, 1.82) is 0 Å². The van der Waals surface area contributed by atoms with Crippen LogP contribution in [0.4, 0.5) is 0 Å². The van der Waals surface area contributed by atoms with Crippen molar-refractivity contribution in [2.45, 2.75) is 6.42 Å². The first kappa shape index (κ1) is 11.6. The Hall–Kier alpha value is -1.88. The predicted octanol–water partition coefficient (Wildman–Crippen LogP) is 0.992. The van der Waals surface area contributed by atoms with Crippen LogP contribution in [0.25, 0.3) is 11.4 Å². The van der Waals surface area contributed by atoms with Crippen LogP contribution in [0, 0.1) is 0 Å². The average Bonchev–Trinajstić information content (AvgIpc) is 2.72. The number of aromatic nitrogens is 3. The van der Waals surface area contributed by atoms with Crippen molar-refractivity contribution in [2.24, 2.45) is 12.8 Å². The van der Waals surface area contributed by atoms with Gasteiger partial charge in [-0.3, -0.25) is 0 Å². The topological polar surface area (TPSA) is 66.0 Å². The Morgan fingerprint density at radius 1 is 1.29 bits per heavy atom. The first-order valence-corrected chi connectivity index (χ1v) is 5.49. The zero-order chi connectivity index (χ0) is 12.3. The number of methoxy groups -OCH3 is 1. The molecule has 0 saturated heterocycles. The van der Waals surface area contributed by atoms with E-state index in [4.69, 9.17) is 10.5 Å². The molecule has 0 fully saturated rings. The van der Waals surface area contributed by atoms with E-state index in [9.17, 15) is 0 Å². The fourth-order valence-corrected chi connectivity index (χ4v) is 1.77. The highest BCUT2D eigenvalue weighted by Crippen LogP contribution is 2.27. The molecule has 2 aromatic rings. The van der Waals surface area contributed by atoms with E-state index in [0.717, 1.165) is 29.4 Å². The maximum absolute atomic E-state index is 5.53. The average molecular weight is 232 g/mol. The zero-order valence-electron chi connectivity index (χ0n) is 10.1. The first-order chi connectivity index (χ1) is 8.27. The summed E-state index contributed by atoms with van der Waals surface area (Å²) in [6.45, 7) is 0.567. The minimum atomic E-state index is 0.567. The van der Waals surface area contributed by atoms with Crippen LogP contribution in [0.2, 0.25) is 0 Å². The molecule has 0 bridgehead atoms. The number of rotatable bonds is 4. The van der Waals surface area contributed by atoms with Gasteiger partial charge >= 0.3 is 0 Å². The molecular formula is C12H16N4O. The highest BCUT2D eigenvalue weighted by atomic mass is 16.5. The molecule has 0 aliphatic heterocycles. The Morgan fingerprint density at radius 3 is 2.76 bits per heavy atom. The van der Waals surface area contributed by atoms with Gasteiger partial charge in [0.1, 0.15) is 11.6 Å². The quantitative estimate of drug-likeness (QED) is 0.853. The van der Waals surface area contributed by atoms with Crippen molar-refractivity contribution in [1.82, 2.24) is 14.8 Å². The number of nitrogens with two attached hydrogens (primary N) is 1. The van der Waals surface area contributed by atoms with Crippen LogP contribution >= 0.6 is 0 Å². The second-order valence-electron chi connectivity index (χ2n) is 3.74. The summed E-state index contributed by atoms with van der Waals surface area (Å²) in [4.78, 5) is 0. The van der Waals surface area contributed by atoms with E-state index in [-0.39, 0.29) is 0 Å². The largest absolute Gasteiger partial charge is 0.496 e. The van der Waals surface area contributed by atoms with Gasteiger partial charge in [-0.25, -0.2) is 0 Å². The molecular weight excluding hydrogens is 216 g/mol. The monoisotopic (exact) mass is 232 g/mol. The summed E-state index contributed by atoms with van der Waals surface area (Å²) in [5.74, 6) is 2.47. The fraction of sp³-hybridized carbons (Fsp3) is 0.333. The van der Waals surface area contributed by atoms with Crippen molar-refractivity contribution in [3.63, 3.8) is 0 Å². The van der Waals surface area contributed by atoms with Gasteiger partial charge in [0.25, 0.3) is 0 Å². The SMILES string of the molecule is COc1ccccc1-c1nnc(CCN)n1C. The molecule has 17 heavy (non-hydrogen) atoms. The molecule has 0 amide bonds. The number of benzene rings is 1. The zero-order valence-corrected chi connectivity index (χ0v) is 10.1. The molecule has 1 aromatic carbocycles. The molecule has 2 N–H and O–H groups in total. The van der Waals surface area contributed by atoms with Crippen molar-refractivity contribution in [3.05, 3.63) is 30.1 Å². The second kappa shape index (κ2) is 4.97. The molecule has 2 rings (SSSR count). The first-order valence-electron chi connectivity index (χ1n) is 5.49. The van der Waals surface area contributed by atoms with Gasteiger partial charge in [0, 0.05) is 13.5 Å². The molecule has 0 atom stereocenters. The van der Waals surface area contributed by atoms with Crippen molar-refractivity contribution < 1.29 is 4.74 Å². The summed E-state index contributed by atoms with van der Waals surface area (Å²) in [6, 6.07) is 7.76. The third-order valence-electron chi connectivity index (χ3n) is 2.68. The maximum atomic E-state index is 5.53. The minimum Gasteiger partial charge on any atom is -0.496 e. The van der Waals surface area contributed by atoms with E-state index < -0.39 is 0 Å². The van der Waals surface area contributed by atoms with Gasteiger partial charge in [-0.05, 0) is 18.7 Å². The predicted molar refractivity (Wildman–Crippen MR) is 65.7 cm³/mol. The summed E-state index contributed by atoms with van der Waals surface area (Å²) in [5.41, 5.74) is 6.47. The van der Waals surface area contributed by atoms with Gasteiger partial charge in [0.2, 0.25) is 0 Å². The molecule has 0 saturated carbocycles. The van der Waals surface area contributed by atoms with E-state index in [1.807, 2.05) is 35.9 Å².